The van der Waals surface area contributed by atoms with Crippen LogP contribution in [0.3, 0.4) is 0 Å². The van der Waals surface area contributed by atoms with Crippen LogP contribution in [0.1, 0.15) is 10.5 Å². The average Bonchev–Trinajstić information content (AvgIpc) is 2.75. The molecule has 0 spiro atoms. The van der Waals surface area contributed by atoms with Gasteiger partial charge in [-0.25, -0.2) is 4.98 Å². The molecule has 16 heavy (non-hydrogen) atoms. The summed E-state index contributed by atoms with van der Waals surface area (Å²) in [4.78, 5) is 17.1. The van der Waals surface area contributed by atoms with Crippen LogP contribution in [0.4, 0.5) is 0 Å². The highest BCUT2D eigenvalue weighted by atomic mass is 79.9. The van der Waals surface area contributed by atoms with Crippen molar-refractivity contribution >= 4 is 21.7 Å². The monoisotopic (exact) mass is 280 g/mol. The van der Waals surface area contributed by atoms with Crippen molar-refractivity contribution in [3.05, 3.63) is 30.1 Å². The molecule has 82 valence electrons. The Balaban J connectivity index is 2.39. The summed E-state index contributed by atoms with van der Waals surface area (Å²) in [5, 5.41) is 8.35. The lowest BCUT2D eigenvalue weighted by Gasteiger charge is -1.99. The topological polar surface area (TPSA) is 60.7 Å². The summed E-state index contributed by atoms with van der Waals surface area (Å²) in [6, 6.07) is 5.27. The lowest BCUT2D eigenvalue weighted by Crippen LogP contribution is -2.03. The van der Waals surface area contributed by atoms with E-state index >= 15 is 0 Å². The zero-order valence-electron chi connectivity index (χ0n) is 8.59. The lowest BCUT2D eigenvalue weighted by atomic mass is 10.2. The van der Waals surface area contributed by atoms with Gasteiger partial charge >= 0.3 is 0 Å². The van der Waals surface area contributed by atoms with E-state index in [9.17, 15) is 4.79 Å². The highest BCUT2D eigenvalue weighted by Crippen LogP contribution is 2.13. The van der Waals surface area contributed by atoms with Crippen molar-refractivity contribution in [1.29, 1.82) is 0 Å². The van der Waals surface area contributed by atoms with E-state index in [4.69, 9.17) is 0 Å². The van der Waals surface area contributed by atoms with Crippen LogP contribution in [0.25, 0.3) is 11.4 Å². The van der Waals surface area contributed by atoms with Crippen LogP contribution in [0, 0.1) is 0 Å². The zero-order valence-corrected chi connectivity index (χ0v) is 10.2. The molecule has 5 nitrogen and oxygen atoms in total. The molecule has 0 atom stereocenters. The third-order valence-electron chi connectivity index (χ3n) is 2.02. The number of nitrogens with zero attached hydrogens (tertiary/aromatic N) is 4. The van der Waals surface area contributed by atoms with E-state index in [-0.39, 0.29) is 11.1 Å². The Kier molecular flexibility index (Phi) is 3.09. The average molecular weight is 281 g/mol. The number of Topliss-reactive ketones (excluding diaryl/α,β-unsaturated/α-hetero) is 1. The summed E-state index contributed by atoms with van der Waals surface area (Å²) in [6.07, 6.45) is 1.62. The maximum Gasteiger partial charge on any atom is 0.191 e. The summed E-state index contributed by atoms with van der Waals surface area (Å²) in [6.45, 7) is 0. The van der Waals surface area contributed by atoms with E-state index in [0.717, 1.165) is 0 Å². The second-order valence-electron chi connectivity index (χ2n) is 3.18. The number of carbonyl (C=O) groups excluding carboxylic acids is 1. The highest BCUT2D eigenvalue weighted by Gasteiger charge is 2.09. The molecular weight excluding hydrogens is 272 g/mol. The van der Waals surface area contributed by atoms with E-state index in [1.165, 1.54) is 4.80 Å². The van der Waals surface area contributed by atoms with E-state index in [2.05, 4.69) is 31.1 Å². The first-order valence-corrected chi connectivity index (χ1v) is 5.76. The molecule has 0 amide bonds. The number of rotatable bonds is 3. The number of ketones is 1. The van der Waals surface area contributed by atoms with Gasteiger partial charge in [-0.1, -0.05) is 22.0 Å². The van der Waals surface area contributed by atoms with Crippen LogP contribution in [0.15, 0.2) is 24.4 Å². The van der Waals surface area contributed by atoms with Crippen molar-refractivity contribution in [3.8, 4) is 11.4 Å². The molecular formula is C10H9BrN4O. The summed E-state index contributed by atoms with van der Waals surface area (Å²) in [5.41, 5.74) is 1.74. The number of aryl methyl sites for hydroxylation is 1. The van der Waals surface area contributed by atoms with Crippen molar-refractivity contribution in [2.45, 2.75) is 0 Å². The van der Waals surface area contributed by atoms with Gasteiger partial charge in [0.15, 0.2) is 5.78 Å². The normalized spacial score (nSPS) is 10.4. The molecule has 0 aromatic carbocycles. The van der Waals surface area contributed by atoms with Gasteiger partial charge in [-0.2, -0.15) is 15.0 Å². The van der Waals surface area contributed by atoms with Crippen LogP contribution in [-0.2, 0) is 7.05 Å². The molecule has 6 heteroatoms. The van der Waals surface area contributed by atoms with Gasteiger partial charge in [0.1, 0.15) is 11.4 Å². The number of carbonyl (C=O) groups is 1. The minimum Gasteiger partial charge on any atom is -0.291 e. The van der Waals surface area contributed by atoms with Gasteiger partial charge in [0.05, 0.1) is 17.2 Å². The number of hydrogen-bond acceptors (Lipinski definition) is 4. The van der Waals surface area contributed by atoms with Gasteiger partial charge in [-0.3, -0.25) is 4.79 Å². The second kappa shape index (κ2) is 4.52. The van der Waals surface area contributed by atoms with Crippen LogP contribution < -0.4 is 0 Å². The molecule has 0 fully saturated rings. The first-order chi connectivity index (χ1) is 7.70. The summed E-state index contributed by atoms with van der Waals surface area (Å²) >= 11 is 3.11. The Morgan fingerprint density at radius 2 is 2.25 bits per heavy atom. The van der Waals surface area contributed by atoms with Crippen molar-refractivity contribution in [2.75, 3.05) is 5.33 Å². The smallest absolute Gasteiger partial charge is 0.191 e. The van der Waals surface area contributed by atoms with Crippen molar-refractivity contribution in [2.24, 2.45) is 7.05 Å². The Hall–Kier alpha value is -1.56. The number of pyridine rings is 1. The molecule has 0 aliphatic carbocycles. The molecule has 0 saturated carbocycles. The quantitative estimate of drug-likeness (QED) is 0.631. The molecule has 0 aliphatic rings. The Morgan fingerprint density at radius 3 is 2.88 bits per heavy atom. The van der Waals surface area contributed by atoms with Crippen LogP contribution in [0.5, 0.6) is 0 Å². The van der Waals surface area contributed by atoms with E-state index in [1.54, 1.807) is 31.4 Å². The largest absolute Gasteiger partial charge is 0.291 e. The maximum absolute atomic E-state index is 11.5. The molecule has 0 saturated heterocycles. The number of aromatic nitrogens is 4. The van der Waals surface area contributed by atoms with Crippen molar-refractivity contribution in [3.63, 3.8) is 0 Å². The highest BCUT2D eigenvalue weighted by molar-refractivity contribution is 9.09. The van der Waals surface area contributed by atoms with Crippen LogP contribution in [0.2, 0.25) is 0 Å². The standard InChI is InChI=1S/C10H9BrN4O/c1-15-12-6-9(14-15)7-3-2-4-8(13-7)10(16)5-11/h2-4,6H,5H2,1H3. The maximum atomic E-state index is 11.5. The van der Waals surface area contributed by atoms with Gasteiger partial charge in [0.2, 0.25) is 0 Å². The van der Waals surface area contributed by atoms with Gasteiger partial charge in [0.25, 0.3) is 0 Å². The Labute approximate surface area is 101 Å². The molecule has 2 rings (SSSR count). The molecule has 2 heterocycles. The molecule has 0 radical (unpaired) electrons. The minimum atomic E-state index is -0.0502. The van der Waals surface area contributed by atoms with Gasteiger partial charge in [-0.15, -0.1) is 0 Å². The Morgan fingerprint density at radius 1 is 1.44 bits per heavy atom. The summed E-state index contributed by atoms with van der Waals surface area (Å²) in [5.74, 6) is -0.0502. The van der Waals surface area contributed by atoms with Crippen molar-refractivity contribution in [1.82, 2.24) is 20.0 Å². The fourth-order valence-corrected chi connectivity index (χ4v) is 1.55. The first kappa shape index (κ1) is 10.9. The molecule has 0 aliphatic heterocycles. The minimum absolute atomic E-state index is 0.0502. The number of alkyl halides is 1. The second-order valence-corrected chi connectivity index (χ2v) is 3.74. The summed E-state index contributed by atoms with van der Waals surface area (Å²) < 4.78 is 0. The molecule has 0 N–H and O–H groups in total. The van der Waals surface area contributed by atoms with Gasteiger partial charge in [0, 0.05) is 7.05 Å². The third kappa shape index (κ3) is 2.16. The Bertz CT molecular complexity index is 523. The number of hydrogen-bond donors (Lipinski definition) is 0. The van der Waals surface area contributed by atoms with Crippen LogP contribution >= 0.6 is 15.9 Å². The molecule has 0 unspecified atom stereocenters. The fourth-order valence-electron chi connectivity index (χ4n) is 1.26. The van der Waals surface area contributed by atoms with Crippen LogP contribution in [-0.4, -0.2) is 31.1 Å². The first-order valence-electron chi connectivity index (χ1n) is 4.63. The van der Waals surface area contributed by atoms with E-state index < -0.39 is 0 Å². The van der Waals surface area contributed by atoms with Gasteiger partial charge < -0.3 is 0 Å². The lowest BCUT2D eigenvalue weighted by molar-refractivity contribution is 0.101. The SMILES string of the molecule is Cn1ncc(-c2cccc(C(=O)CBr)n2)n1. The molecule has 2 aromatic heterocycles. The molecule has 2 aromatic rings. The fraction of sp³-hybridized carbons (Fsp3) is 0.200. The predicted octanol–water partition coefficient (Wildman–Crippen LogP) is 1.45. The third-order valence-corrected chi connectivity index (χ3v) is 2.53. The van der Waals surface area contributed by atoms with Crippen molar-refractivity contribution < 1.29 is 4.79 Å². The number of halogens is 1. The van der Waals surface area contributed by atoms with Gasteiger partial charge in [-0.05, 0) is 12.1 Å². The van der Waals surface area contributed by atoms with E-state index in [0.29, 0.717) is 17.1 Å². The predicted molar refractivity (Wildman–Crippen MR) is 62.4 cm³/mol. The summed E-state index contributed by atoms with van der Waals surface area (Å²) in [7, 11) is 1.73. The molecule has 0 bridgehead atoms. The van der Waals surface area contributed by atoms with E-state index in [1.807, 2.05) is 0 Å². The zero-order chi connectivity index (χ0) is 11.5.